The zero-order valence-electron chi connectivity index (χ0n) is 15.7. The molecule has 0 radical (unpaired) electrons. The number of methoxy groups -OCH3 is 1. The van der Waals surface area contributed by atoms with Gasteiger partial charge in [0.15, 0.2) is 0 Å². The molecule has 1 aromatic rings. The number of pyridine rings is 1. The Morgan fingerprint density at radius 3 is 2.36 bits per heavy atom. The van der Waals surface area contributed by atoms with Crippen LogP contribution in [0.4, 0.5) is 0 Å². The van der Waals surface area contributed by atoms with Gasteiger partial charge in [-0.2, -0.15) is 0 Å². The number of halogens is 1. The molecular formula is C18H32IN3O3. The second-order valence-electron chi connectivity index (χ2n) is 6.32. The molecule has 6 nitrogen and oxygen atoms in total. The van der Waals surface area contributed by atoms with Crippen molar-refractivity contribution < 1.29 is 12.5 Å². The first kappa shape index (κ1) is 20.8. The Morgan fingerprint density at radius 2 is 1.76 bits per heavy atom. The molecule has 1 aliphatic heterocycles. The molecule has 0 aromatic carbocycles. The van der Waals surface area contributed by atoms with Crippen LogP contribution in [-0.4, -0.2) is 84.2 Å². The average Bonchev–Trinajstić information content (AvgIpc) is 2.63. The van der Waals surface area contributed by atoms with Crippen LogP contribution in [0.3, 0.4) is 0 Å². The number of aromatic nitrogens is 1. The molecular weight excluding hydrogens is 433 g/mol. The third-order valence-electron chi connectivity index (χ3n) is 4.18. The molecule has 1 aromatic heterocycles. The van der Waals surface area contributed by atoms with Gasteiger partial charge in [-0.15, -0.1) is 0 Å². The molecule has 0 amide bonds. The Balaban J connectivity index is 1.56. The third kappa shape index (κ3) is 8.63. The van der Waals surface area contributed by atoms with Crippen molar-refractivity contribution in [1.82, 2.24) is 14.8 Å². The minimum absolute atomic E-state index is 0.668. The summed E-state index contributed by atoms with van der Waals surface area (Å²) in [6, 6.07) is 3.98. The van der Waals surface area contributed by atoms with E-state index in [9.17, 15) is 0 Å². The zero-order chi connectivity index (χ0) is 17.9. The van der Waals surface area contributed by atoms with Crippen LogP contribution in [0.5, 0.6) is 5.88 Å². The summed E-state index contributed by atoms with van der Waals surface area (Å²) >= 11 is -1.13. The molecule has 0 N–H and O–H groups in total. The fraction of sp³-hybridized carbons (Fsp3) is 0.722. The quantitative estimate of drug-likeness (QED) is 0.284. The van der Waals surface area contributed by atoms with Gasteiger partial charge in [0.1, 0.15) is 0 Å². The van der Waals surface area contributed by atoms with Gasteiger partial charge in [0.25, 0.3) is 0 Å². The second-order valence-corrected chi connectivity index (χ2v) is 10.9. The van der Waals surface area contributed by atoms with E-state index in [4.69, 9.17) is 12.5 Å². The molecule has 25 heavy (non-hydrogen) atoms. The first-order valence-electron chi connectivity index (χ1n) is 8.82. The molecule has 7 heteroatoms. The van der Waals surface area contributed by atoms with Crippen LogP contribution < -0.4 is 4.74 Å². The first-order chi connectivity index (χ1) is 12.2. The molecule has 2 heterocycles. The molecule has 0 saturated carbocycles. The van der Waals surface area contributed by atoms with Gasteiger partial charge in [-0.1, -0.05) is 0 Å². The summed E-state index contributed by atoms with van der Waals surface area (Å²) in [4.78, 5) is 13.7. The Hall–Kier alpha value is -0.480. The molecule has 2 rings (SSSR count). The van der Waals surface area contributed by atoms with E-state index in [2.05, 4.69) is 24.6 Å². The van der Waals surface area contributed by atoms with Crippen molar-refractivity contribution in [2.45, 2.75) is 13.0 Å². The van der Waals surface area contributed by atoms with Crippen LogP contribution in [-0.2, 0) is 14.4 Å². The number of ether oxygens (including phenoxy) is 2. The van der Waals surface area contributed by atoms with E-state index in [0.717, 1.165) is 57.9 Å². The van der Waals surface area contributed by atoms with Crippen LogP contribution in [0.2, 0.25) is 0 Å². The van der Waals surface area contributed by atoms with Crippen molar-refractivity contribution in [3.05, 3.63) is 23.9 Å². The van der Waals surface area contributed by atoms with E-state index in [1.54, 1.807) is 7.11 Å². The van der Waals surface area contributed by atoms with Crippen LogP contribution in [0, 0.1) is 0 Å². The van der Waals surface area contributed by atoms with E-state index in [-0.39, 0.29) is 0 Å². The van der Waals surface area contributed by atoms with Gasteiger partial charge >= 0.3 is 117 Å². The average molecular weight is 465 g/mol. The van der Waals surface area contributed by atoms with Crippen molar-refractivity contribution in [3.8, 4) is 5.88 Å². The molecule has 1 aliphatic rings. The standard InChI is InChI=1S/C18H32IN3O3/c1-19(2)25-16-17-5-6-18(20-15-17)24-13-4-7-21-8-10-22(11-9-21)12-14-23-3/h5-6,15H,4,7-14,16H2,1-3H3. The summed E-state index contributed by atoms with van der Waals surface area (Å²) in [5.74, 6) is 0.705. The van der Waals surface area contributed by atoms with Gasteiger partial charge in [0.2, 0.25) is 0 Å². The van der Waals surface area contributed by atoms with Crippen LogP contribution in [0.1, 0.15) is 12.0 Å². The van der Waals surface area contributed by atoms with E-state index in [0.29, 0.717) is 19.1 Å². The van der Waals surface area contributed by atoms with Crippen molar-refractivity contribution in [3.63, 3.8) is 0 Å². The monoisotopic (exact) mass is 465 g/mol. The van der Waals surface area contributed by atoms with E-state index >= 15 is 0 Å². The maximum atomic E-state index is 5.76. The number of piperazine rings is 1. The topological polar surface area (TPSA) is 47.1 Å². The van der Waals surface area contributed by atoms with Gasteiger partial charge in [0.05, 0.1) is 6.61 Å². The van der Waals surface area contributed by atoms with Gasteiger partial charge in [-0.25, -0.2) is 0 Å². The van der Waals surface area contributed by atoms with E-state index in [1.807, 2.05) is 18.3 Å². The third-order valence-corrected chi connectivity index (χ3v) is 5.74. The summed E-state index contributed by atoms with van der Waals surface area (Å²) in [5, 5.41) is 0. The minimum Gasteiger partial charge on any atom is 0.0111 e. The van der Waals surface area contributed by atoms with Crippen LogP contribution in [0.25, 0.3) is 0 Å². The smallest absolute Gasteiger partial charge is 0.0111 e. The fourth-order valence-electron chi connectivity index (χ4n) is 2.68. The van der Waals surface area contributed by atoms with Gasteiger partial charge in [0, 0.05) is 26.7 Å². The summed E-state index contributed by atoms with van der Waals surface area (Å²) in [6.45, 7) is 8.87. The summed E-state index contributed by atoms with van der Waals surface area (Å²) in [5.41, 5.74) is 1.12. The SMILES string of the molecule is COCCN1CCN(CCCOc2ccc(COI(C)C)cn2)CC1. The second kappa shape index (κ2) is 12.0. The molecule has 0 bridgehead atoms. The normalized spacial score (nSPS) is 16.8. The number of nitrogens with zero attached hydrogens (tertiary/aromatic N) is 3. The molecule has 0 atom stereocenters. The minimum atomic E-state index is -1.13. The summed E-state index contributed by atoms with van der Waals surface area (Å²) in [6.07, 6.45) is 2.89. The Morgan fingerprint density at radius 1 is 1.04 bits per heavy atom. The zero-order valence-corrected chi connectivity index (χ0v) is 17.9. The number of alkyl halides is 2. The van der Waals surface area contributed by atoms with Crippen molar-refractivity contribution in [1.29, 1.82) is 0 Å². The number of hydrogen-bond donors (Lipinski definition) is 0. The van der Waals surface area contributed by atoms with Gasteiger partial charge in [-0.05, 0) is 0 Å². The van der Waals surface area contributed by atoms with Crippen LogP contribution in [0.15, 0.2) is 18.3 Å². The number of hydrogen-bond acceptors (Lipinski definition) is 6. The molecule has 144 valence electrons. The Labute approximate surface area is 159 Å². The van der Waals surface area contributed by atoms with Gasteiger partial charge in [-0.3, -0.25) is 4.90 Å². The molecule has 1 fully saturated rings. The van der Waals surface area contributed by atoms with Crippen LogP contribution >= 0.6 is 20.2 Å². The predicted octanol–water partition coefficient (Wildman–Crippen LogP) is 2.31. The molecule has 0 spiro atoms. The van der Waals surface area contributed by atoms with Crippen molar-refractivity contribution in [2.24, 2.45) is 0 Å². The Bertz CT molecular complexity index is 465. The summed E-state index contributed by atoms with van der Waals surface area (Å²) in [7, 11) is 1.76. The molecule has 0 aliphatic carbocycles. The maximum absolute atomic E-state index is 5.76. The summed E-state index contributed by atoms with van der Waals surface area (Å²) < 4.78 is 16.6. The van der Waals surface area contributed by atoms with E-state index < -0.39 is 20.2 Å². The molecule has 0 unspecified atom stereocenters. The van der Waals surface area contributed by atoms with Crippen molar-refractivity contribution >= 4 is 20.2 Å². The fourth-order valence-corrected chi connectivity index (χ4v) is 3.66. The number of rotatable bonds is 11. The van der Waals surface area contributed by atoms with Gasteiger partial charge < -0.3 is 4.74 Å². The molecule has 1 saturated heterocycles. The Kier molecular flexibility index (Phi) is 10.0. The van der Waals surface area contributed by atoms with E-state index in [1.165, 1.54) is 0 Å². The first-order valence-corrected chi connectivity index (χ1v) is 14.0. The predicted molar refractivity (Wildman–Crippen MR) is 110 cm³/mol. The van der Waals surface area contributed by atoms with Crippen molar-refractivity contribution in [2.75, 3.05) is 69.5 Å².